The Bertz CT molecular complexity index is 275. The monoisotopic (exact) mass is 238 g/mol. The van der Waals surface area contributed by atoms with Gasteiger partial charge >= 0.3 is 0 Å². The zero-order valence-corrected chi connectivity index (χ0v) is 8.10. The fourth-order valence-electron chi connectivity index (χ4n) is 0.696. The zero-order chi connectivity index (χ0) is 8.43. The minimum absolute atomic E-state index is 0.199. The third-order valence-electron chi connectivity index (χ3n) is 1.21. The summed E-state index contributed by atoms with van der Waals surface area (Å²) in [5.41, 5.74) is 0. The first-order chi connectivity index (χ1) is 5.16. The van der Waals surface area contributed by atoms with Crippen molar-refractivity contribution >= 4 is 27.7 Å². The number of hydrogen-bond acceptors (Lipinski definition) is 1. The van der Waals surface area contributed by atoms with E-state index in [-0.39, 0.29) is 4.47 Å². The van der Waals surface area contributed by atoms with Crippen LogP contribution in [0, 0.1) is 11.6 Å². The van der Waals surface area contributed by atoms with Crippen LogP contribution in [0.4, 0.5) is 8.78 Å². The van der Waals surface area contributed by atoms with Gasteiger partial charge in [0.1, 0.15) is 11.6 Å². The highest BCUT2D eigenvalue weighted by atomic mass is 79.9. The van der Waals surface area contributed by atoms with Gasteiger partial charge in [-0.05, 0) is 34.3 Å². The topological polar surface area (TPSA) is 0 Å². The molecule has 0 N–H and O–H groups in total. The van der Waals surface area contributed by atoms with Gasteiger partial charge in [0.2, 0.25) is 0 Å². The van der Waals surface area contributed by atoms with Crippen molar-refractivity contribution < 1.29 is 8.78 Å². The summed E-state index contributed by atoms with van der Waals surface area (Å²) < 4.78 is 25.7. The van der Waals surface area contributed by atoms with Gasteiger partial charge in [0, 0.05) is 0 Å². The third kappa shape index (κ3) is 1.73. The maximum absolute atomic E-state index is 12.8. The summed E-state index contributed by atoms with van der Waals surface area (Å²) in [6, 6.07) is 2.21. The van der Waals surface area contributed by atoms with Crippen molar-refractivity contribution in [1.29, 1.82) is 0 Å². The Balaban J connectivity index is 3.29. The van der Waals surface area contributed by atoms with Crippen LogP contribution in [0.25, 0.3) is 0 Å². The molecule has 0 spiro atoms. The van der Waals surface area contributed by atoms with Crippen LogP contribution in [0.5, 0.6) is 0 Å². The zero-order valence-electron chi connectivity index (χ0n) is 5.70. The first-order valence-corrected chi connectivity index (χ1v) is 4.86. The van der Waals surface area contributed by atoms with Crippen LogP contribution in [0.2, 0.25) is 0 Å². The van der Waals surface area contributed by atoms with E-state index < -0.39 is 11.6 Å². The summed E-state index contributed by atoms with van der Waals surface area (Å²) in [4.78, 5) is 0.310. The molecule has 0 saturated heterocycles. The standard InChI is InChI=1S/C7H5BrF2S/c1-11-7-5(10)3-2-4(9)6(7)8/h2-3H,1H3. The Morgan fingerprint density at radius 3 is 2.27 bits per heavy atom. The van der Waals surface area contributed by atoms with Gasteiger partial charge in [0.15, 0.2) is 0 Å². The highest BCUT2D eigenvalue weighted by Gasteiger charge is 2.09. The van der Waals surface area contributed by atoms with Crippen molar-refractivity contribution in [3.63, 3.8) is 0 Å². The Morgan fingerprint density at radius 1 is 1.27 bits per heavy atom. The first-order valence-electron chi connectivity index (χ1n) is 2.84. The predicted octanol–water partition coefficient (Wildman–Crippen LogP) is 3.45. The highest BCUT2D eigenvalue weighted by molar-refractivity contribution is 9.10. The summed E-state index contributed by atoms with van der Waals surface area (Å²) in [5, 5.41) is 0. The van der Waals surface area contributed by atoms with Crippen LogP contribution in [0.3, 0.4) is 0 Å². The van der Waals surface area contributed by atoms with Crippen LogP contribution in [-0.2, 0) is 0 Å². The number of hydrogen-bond donors (Lipinski definition) is 0. The minimum atomic E-state index is -0.434. The lowest BCUT2D eigenvalue weighted by Gasteiger charge is -2.01. The van der Waals surface area contributed by atoms with E-state index in [0.29, 0.717) is 4.90 Å². The second-order valence-corrected chi connectivity index (χ2v) is 3.49. The van der Waals surface area contributed by atoms with E-state index in [1.165, 1.54) is 11.8 Å². The van der Waals surface area contributed by atoms with Crippen molar-refractivity contribution in [3.05, 3.63) is 28.2 Å². The molecule has 0 heterocycles. The molecule has 1 aromatic carbocycles. The van der Waals surface area contributed by atoms with E-state index in [9.17, 15) is 8.78 Å². The normalized spacial score (nSPS) is 10.2. The molecule has 0 saturated carbocycles. The molecule has 4 heteroatoms. The predicted molar refractivity (Wildman–Crippen MR) is 45.8 cm³/mol. The summed E-state index contributed by atoms with van der Waals surface area (Å²) in [6.45, 7) is 0. The molecule has 0 aliphatic heterocycles. The quantitative estimate of drug-likeness (QED) is 0.534. The Kier molecular flexibility index (Phi) is 2.90. The molecule has 0 unspecified atom stereocenters. The molecule has 0 amide bonds. The van der Waals surface area contributed by atoms with Crippen molar-refractivity contribution in [2.45, 2.75) is 4.90 Å². The molecule has 0 aliphatic carbocycles. The molecule has 0 bridgehead atoms. The molecule has 0 fully saturated rings. The van der Waals surface area contributed by atoms with E-state index in [4.69, 9.17) is 0 Å². The van der Waals surface area contributed by atoms with Gasteiger partial charge in [-0.25, -0.2) is 8.78 Å². The average Bonchev–Trinajstić information content (AvgIpc) is 1.99. The molecule has 60 valence electrons. The van der Waals surface area contributed by atoms with Gasteiger partial charge in [0.25, 0.3) is 0 Å². The number of halogens is 3. The molecule has 0 radical (unpaired) electrons. The van der Waals surface area contributed by atoms with Crippen molar-refractivity contribution in [3.8, 4) is 0 Å². The van der Waals surface area contributed by atoms with E-state index in [1.54, 1.807) is 6.26 Å². The fraction of sp³-hybridized carbons (Fsp3) is 0.143. The molecule has 0 aromatic heterocycles. The van der Waals surface area contributed by atoms with Crippen molar-refractivity contribution in [1.82, 2.24) is 0 Å². The lowest BCUT2D eigenvalue weighted by Crippen LogP contribution is -1.85. The SMILES string of the molecule is CSc1c(F)ccc(F)c1Br. The molecule has 0 aliphatic rings. The summed E-state index contributed by atoms with van der Waals surface area (Å²) in [7, 11) is 0. The lowest BCUT2D eigenvalue weighted by molar-refractivity contribution is 0.571. The molecule has 1 rings (SSSR count). The molecular formula is C7H5BrF2S. The molecular weight excluding hydrogens is 234 g/mol. The maximum atomic E-state index is 12.8. The van der Waals surface area contributed by atoms with Crippen LogP contribution in [-0.4, -0.2) is 6.26 Å². The average molecular weight is 239 g/mol. The smallest absolute Gasteiger partial charge is 0.138 e. The lowest BCUT2D eigenvalue weighted by atomic mass is 10.3. The van der Waals surface area contributed by atoms with Gasteiger partial charge in [0.05, 0.1) is 9.37 Å². The molecule has 11 heavy (non-hydrogen) atoms. The van der Waals surface area contributed by atoms with E-state index in [1.807, 2.05) is 0 Å². The van der Waals surface area contributed by atoms with Crippen LogP contribution < -0.4 is 0 Å². The van der Waals surface area contributed by atoms with Crippen LogP contribution in [0.1, 0.15) is 0 Å². The third-order valence-corrected chi connectivity index (χ3v) is 3.05. The van der Waals surface area contributed by atoms with Gasteiger partial charge < -0.3 is 0 Å². The Morgan fingerprint density at radius 2 is 1.82 bits per heavy atom. The van der Waals surface area contributed by atoms with E-state index in [0.717, 1.165) is 12.1 Å². The van der Waals surface area contributed by atoms with Crippen molar-refractivity contribution in [2.75, 3.05) is 6.26 Å². The Labute approximate surface area is 76.1 Å². The van der Waals surface area contributed by atoms with Gasteiger partial charge in [-0.15, -0.1) is 11.8 Å². The molecule has 0 atom stereocenters. The number of benzene rings is 1. The van der Waals surface area contributed by atoms with Crippen LogP contribution >= 0.6 is 27.7 Å². The first kappa shape index (κ1) is 9.00. The molecule has 0 nitrogen and oxygen atoms in total. The highest BCUT2D eigenvalue weighted by Crippen LogP contribution is 2.30. The Hall–Kier alpha value is -0.0900. The minimum Gasteiger partial charge on any atom is -0.206 e. The number of rotatable bonds is 1. The summed E-state index contributed by atoms with van der Waals surface area (Å²) in [6.07, 6.45) is 1.70. The summed E-state index contributed by atoms with van der Waals surface area (Å²) in [5.74, 6) is -0.832. The van der Waals surface area contributed by atoms with Gasteiger partial charge in [-0.1, -0.05) is 0 Å². The van der Waals surface area contributed by atoms with Crippen molar-refractivity contribution in [2.24, 2.45) is 0 Å². The summed E-state index contributed by atoms with van der Waals surface area (Å²) >= 11 is 4.13. The van der Waals surface area contributed by atoms with Crippen LogP contribution in [0.15, 0.2) is 21.5 Å². The second-order valence-electron chi connectivity index (χ2n) is 1.88. The number of thioether (sulfide) groups is 1. The van der Waals surface area contributed by atoms with E-state index in [2.05, 4.69) is 15.9 Å². The van der Waals surface area contributed by atoms with E-state index >= 15 is 0 Å². The van der Waals surface area contributed by atoms with Gasteiger partial charge in [-0.3, -0.25) is 0 Å². The fourth-order valence-corrected chi connectivity index (χ4v) is 2.04. The molecule has 1 aromatic rings. The maximum Gasteiger partial charge on any atom is 0.138 e. The van der Waals surface area contributed by atoms with Gasteiger partial charge in [-0.2, -0.15) is 0 Å². The largest absolute Gasteiger partial charge is 0.206 e. The second kappa shape index (κ2) is 3.54.